The molecular weight excluding hydrogens is 292 g/mol. The normalized spacial score (nSPS) is 11.8. The summed E-state index contributed by atoms with van der Waals surface area (Å²) in [5.41, 5.74) is 2.60. The maximum atomic E-state index is 12.2. The van der Waals surface area contributed by atoms with Crippen LogP contribution in [-0.2, 0) is 4.79 Å². The number of aryl methyl sites for hydroxylation is 2. The first kappa shape index (κ1) is 16.8. The predicted octanol–water partition coefficient (Wildman–Crippen LogP) is 2.85. The number of hydrogen-bond acceptors (Lipinski definition) is 3. The molecule has 0 aliphatic heterocycles. The van der Waals surface area contributed by atoms with Crippen LogP contribution in [0.3, 0.4) is 0 Å². The van der Waals surface area contributed by atoms with Crippen molar-refractivity contribution >= 4 is 11.8 Å². The van der Waals surface area contributed by atoms with Crippen molar-refractivity contribution in [2.24, 2.45) is 0 Å². The summed E-state index contributed by atoms with van der Waals surface area (Å²) < 4.78 is 5.31. The zero-order valence-corrected chi connectivity index (χ0v) is 13.9. The second kappa shape index (κ2) is 7.13. The minimum atomic E-state index is -0.246. The summed E-state index contributed by atoms with van der Waals surface area (Å²) in [6.45, 7) is 5.71. The van der Waals surface area contributed by atoms with Crippen molar-refractivity contribution in [2.45, 2.75) is 26.8 Å². The first-order valence-electron chi connectivity index (χ1n) is 7.54. The van der Waals surface area contributed by atoms with E-state index in [0.29, 0.717) is 11.3 Å². The van der Waals surface area contributed by atoms with E-state index in [2.05, 4.69) is 5.32 Å². The molecule has 0 aliphatic rings. The molecular formula is C18H22N2O3. The van der Waals surface area contributed by atoms with Gasteiger partial charge in [-0.15, -0.1) is 0 Å². The number of carbonyl (C=O) groups excluding carboxylic acids is 2. The van der Waals surface area contributed by atoms with Gasteiger partial charge in [-0.25, -0.2) is 0 Å². The Morgan fingerprint density at radius 3 is 2.43 bits per heavy atom. The van der Waals surface area contributed by atoms with Crippen LogP contribution < -0.4 is 5.32 Å². The largest absolute Gasteiger partial charge is 0.467 e. The number of rotatable bonds is 5. The maximum absolute atomic E-state index is 12.2. The minimum Gasteiger partial charge on any atom is -0.467 e. The molecule has 1 unspecified atom stereocenters. The van der Waals surface area contributed by atoms with Crippen molar-refractivity contribution in [3.05, 3.63) is 59.0 Å². The van der Waals surface area contributed by atoms with Gasteiger partial charge in [0.15, 0.2) is 0 Å². The molecule has 1 aromatic heterocycles. The first-order chi connectivity index (χ1) is 10.9. The van der Waals surface area contributed by atoms with Crippen molar-refractivity contribution in [1.29, 1.82) is 0 Å². The molecule has 1 N–H and O–H groups in total. The Hall–Kier alpha value is -2.56. The number of furan rings is 1. The molecule has 0 saturated carbocycles. The highest BCUT2D eigenvalue weighted by Gasteiger charge is 2.20. The second-order valence-electron chi connectivity index (χ2n) is 5.76. The van der Waals surface area contributed by atoms with E-state index >= 15 is 0 Å². The quantitative estimate of drug-likeness (QED) is 0.923. The van der Waals surface area contributed by atoms with E-state index in [-0.39, 0.29) is 24.4 Å². The molecule has 0 fully saturated rings. The van der Waals surface area contributed by atoms with Gasteiger partial charge in [0.05, 0.1) is 18.8 Å². The molecule has 0 radical (unpaired) electrons. The molecule has 23 heavy (non-hydrogen) atoms. The molecule has 1 atom stereocenters. The van der Waals surface area contributed by atoms with E-state index in [4.69, 9.17) is 4.42 Å². The van der Waals surface area contributed by atoms with Crippen molar-refractivity contribution in [3.8, 4) is 0 Å². The van der Waals surface area contributed by atoms with E-state index in [1.807, 2.05) is 45.0 Å². The average molecular weight is 314 g/mol. The average Bonchev–Trinajstić information content (AvgIpc) is 3.04. The minimum absolute atomic E-state index is 0.0482. The molecule has 2 aromatic rings. The molecule has 2 rings (SSSR count). The smallest absolute Gasteiger partial charge is 0.251 e. The van der Waals surface area contributed by atoms with Crippen LogP contribution >= 0.6 is 0 Å². The summed E-state index contributed by atoms with van der Waals surface area (Å²) in [7, 11) is 1.69. The van der Waals surface area contributed by atoms with Crippen molar-refractivity contribution in [1.82, 2.24) is 10.2 Å². The van der Waals surface area contributed by atoms with Gasteiger partial charge in [-0.05, 0) is 45.0 Å². The third-order valence-corrected chi connectivity index (χ3v) is 3.81. The Morgan fingerprint density at radius 2 is 1.87 bits per heavy atom. The van der Waals surface area contributed by atoms with Gasteiger partial charge < -0.3 is 14.6 Å². The number of nitrogens with one attached hydrogen (secondary N) is 1. The molecule has 122 valence electrons. The molecule has 0 aliphatic carbocycles. The van der Waals surface area contributed by atoms with E-state index < -0.39 is 0 Å². The lowest BCUT2D eigenvalue weighted by Crippen LogP contribution is -2.39. The van der Waals surface area contributed by atoms with Gasteiger partial charge in [0, 0.05) is 12.6 Å². The lowest BCUT2D eigenvalue weighted by molar-refractivity contribution is -0.131. The molecule has 5 nitrogen and oxygen atoms in total. The number of amides is 2. The zero-order valence-electron chi connectivity index (χ0n) is 13.9. The van der Waals surface area contributed by atoms with E-state index in [0.717, 1.165) is 11.1 Å². The van der Waals surface area contributed by atoms with Gasteiger partial charge in [-0.2, -0.15) is 0 Å². The van der Waals surface area contributed by atoms with E-state index in [9.17, 15) is 9.59 Å². The van der Waals surface area contributed by atoms with Crippen LogP contribution in [0, 0.1) is 13.8 Å². The first-order valence-corrected chi connectivity index (χ1v) is 7.54. The summed E-state index contributed by atoms with van der Waals surface area (Å²) in [5, 5.41) is 2.67. The van der Waals surface area contributed by atoms with E-state index in [1.54, 1.807) is 24.3 Å². The predicted molar refractivity (Wildman–Crippen MR) is 88.1 cm³/mol. The monoisotopic (exact) mass is 314 g/mol. The van der Waals surface area contributed by atoms with Gasteiger partial charge in [-0.3, -0.25) is 9.59 Å². The van der Waals surface area contributed by atoms with Crippen LogP contribution in [0.1, 0.15) is 40.2 Å². The third kappa shape index (κ3) is 4.22. The van der Waals surface area contributed by atoms with Crippen molar-refractivity contribution < 1.29 is 14.0 Å². The third-order valence-electron chi connectivity index (χ3n) is 3.81. The lowest BCUT2D eigenvalue weighted by Gasteiger charge is -2.23. The number of hydrogen-bond donors (Lipinski definition) is 1. The summed E-state index contributed by atoms with van der Waals surface area (Å²) >= 11 is 0. The summed E-state index contributed by atoms with van der Waals surface area (Å²) in [6.07, 6.45) is 1.58. The Morgan fingerprint density at radius 1 is 1.22 bits per heavy atom. The van der Waals surface area contributed by atoms with E-state index in [1.165, 1.54) is 0 Å². The Balaban J connectivity index is 1.94. The Bertz CT molecular complexity index is 672. The number of benzene rings is 1. The fourth-order valence-electron chi connectivity index (χ4n) is 2.42. The highest BCUT2D eigenvalue weighted by molar-refractivity contribution is 5.96. The van der Waals surface area contributed by atoms with Crippen molar-refractivity contribution in [2.75, 3.05) is 13.6 Å². The van der Waals surface area contributed by atoms with Gasteiger partial charge in [0.2, 0.25) is 5.91 Å². The van der Waals surface area contributed by atoms with Crippen LogP contribution in [0.4, 0.5) is 0 Å². The van der Waals surface area contributed by atoms with Gasteiger partial charge in [0.1, 0.15) is 5.76 Å². The number of carbonyl (C=O) groups is 2. The molecule has 5 heteroatoms. The molecule has 0 bridgehead atoms. The summed E-state index contributed by atoms with van der Waals surface area (Å²) in [5.74, 6) is 0.289. The van der Waals surface area contributed by atoms with Crippen LogP contribution in [0.25, 0.3) is 0 Å². The highest BCUT2D eigenvalue weighted by atomic mass is 16.3. The molecule has 1 aromatic carbocycles. The Kier molecular flexibility index (Phi) is 5.21. The SMILES string of the molecule is Cc1cc(C)cc(C(=O)NCC(=O)N(C)C(C)c2ccco2)c1. The van der Waals surface area contributed by atoms with Crippen LogP contribution in [0.2, 0.25) is 0 Å². The maximum Gasteiger partial charge on any atom is 0.251 e. The fourth-order valence-corrected chi connectivity index (χ4v) is 2.42. The van der Waals surface area contributed by atoms with Gasteiger partial charge in [0.25, 0.3) is 5.91 Å². The molecule has 2 amide bonds. The molecule has 1 heterocycles. The Labute approximate surface area is 136 Å². The summed E-state index contributed by atoms with van der Waals surface area (Å²) in [6, 6.07) is 9.04. The van der Waals surface area contributed by atoms with Crippen LogP contribution in [0.5, 0.6) is 0 Å². The molecule has 0 saturated heterocycles. The van der Waals surface area contributed by atoms with Crippen LogP contribution in [-0.4, -0.2) is 30.3 Å². The van der Waals surface area contributed by atoms with Crippen molar-refractivity contribution in [3.63, 3.8) is 0 Å². The standard InChI is InChI=1S/C18H22N2O3/c1-12-8-13(2)10-15(9-12)18(22)19-11-17(21)20(4)14(3)16-6-5-7-23-16/h5-10,14H,11H2,1-4H3,(H,19,22). The topological polar surface area (TPSA) is 62.6 Å². The molecule has 0 spiro atoms. The summed E-state index contributed by atoms with van der Waals surface area (Å²) in [4.78, 5) is 25.9. The lowest BCUT2D eigenvalue weighted by atomic mass is 10.1. The fraction of sp³-hybridized carbons (Fsp3) is 0.333. The zero-order chi connectivity index (χ0) is 17.0. The second-order valence-corrected chi connectivity index (χ2v) is 5.76. The number of nitrogens with zero attached hydrogens (tertiary/aromatic N) is 1. The number of likely N-dealkylation sites (N-methyl/N-ethyl adjacent to an activating group) is 1. The van der Waals surface area contributed by atoms with Crippen LogP contribution in [0.15, 0.2) is 41.0 Å². The van der Waals surface area contributed by atoms with Gasteiger partial charge in [-0.1, -0.05) is 17.2 Å². The highest BCUT2D eigenvalue weighted by Crippen LogP contribution is 2.18. The van der Waals surface area contributed by atoms with Gasteiger partial charge >= 0.3 is 0 Å².